The molecule has 0 fully saturated rings. The number of amides is 1. The van der Waals surface area contributed by atoms with E-state index in [1.54, 1.807) is 19.0 Å². The number of anilines is 1. The predicted octanol–water partition coefficient (Wildman–Crippen LogP) is 1.82. The Balaban J connectivity index is 2.06. The number of hydrogen-bond donors (Lipinski definition) is 3. The molecule has 3 N–H and O–H groups in total. The molecule has 0 aliphatic rings. The zero-order chi connectivity index (χ0) is 16.8. The predicted molar refractivity (Wildman–Crippen MR) is 91.5 cm³/mol. The van der Waals surface area contributed by atoms with Crippen LogP contribution in [0, 0.1) is 0 Å². The van der Waals surface area contributed by atoms with Crippen LogP contribution in [0.2, 0.25) is 0 Å². The van der Waals surface area contributed by atoms with E-state index in [1.165, 1.54) is 0 Å². The number of nitrogens with zero attached hydrogens (tertiary/aromatic N) is 1. The lowest BCUT2D eigenvalue weighted by Crippen LogP contribution is -2.22. The first-order chi connectivity index (χ1) is 11.0. The fraction of sp³-hybridized carbons (Fsp3) is 0.278. The van der Waals surface area contributed by atoms with Crippen molar-refractivity contribution in [1.82, 2.24) is 4.90 Å². The van der Waals surface area contributed by atoms with Gasteiger partial charge in [-0.1, -0.05) is 24.3 Å². The lowest BCUT2D eigenvalue weighted by molar-refractivity contribution is 0.0827. The third kappa shape index (κ3) is 4.55. The van der Waals surface area contributed by atoms with Crippen molar-refractivity contribution in [2.24, 2.45) is 0 Å². The van der Waals surface area contributed by atoms with Crippen LogP contribution in [0.5, 0.6) is 0 Å². The zero-order valence-electron chi connectivity index (χ0n) is 13.4. The van der Waals surface area contributed by atoms with Gasteiger partial charge >= 0.3 is 0 Å². The van der Waals surface area contributed by atoms with Crippen LogP contribution in [0.1, 0.15) is 10.4 Å². The molecule has 5 nitrogen and oxygen atoms in total. The molecule has 0 aliphatic heterocycles. The second-order valence-electron chi connectivity index (χ2n) is 5.57. The van der Waals surface area contributed by atoms with Crippen molar-refractivity contribution < 1.29 is 15.0 Å². The third-order valence-corrected chi connectivity index (χ3v) is 3.51. The van der Waals surface area contributed by atoms with Crippen LogP contribution < -0.4 is 5.32 Å². The van der Waals surface area contributed by atoms with Crippen LogP contribution in [-0.4, -0.2) is 54.4 Å². The van der Waals surface area contributed by atoms with E-state index in [-0.39, 0.29) is 12.5 Å². The highest BCUT2D eigenvalue weighted by Crippen LogP contribution is 2.22. The van der Waals surface area contributed by atoms with Crippen molar-refractivity contribution >= 4 is 11.6 Å². The van der Waals surface area contributed by atoms with E-state index in [0.717, 1.165) is 16.8 Å². The van der Waals surface area contributed by atoms with Gasteiger partial charge in [-0.3, -0.25) is 4.79 Å². The van der Waals surface area contributed by atoms with E-state index in [1.807, 2.05) is 48.5 Å². The summed E-state index contributed by atoms with van der Waals surface area (Å²) in [6, 6.07) is 15.3. The molecule has 0 saturated carbocycles. The van der Waals surface area contributed by atoms with Gasteiger partial charge in [0.15, 0.2) is 0 Å². The Kier molecular flexibility index (Phi) is 5.73. The Labute approximate surface area is 136 Å². The lowest BCUT2D eigenvalue weighted by Gasteiger charge is -2.12. The van der Waals surface area contributed by atoms with E-state index in [0.29, 0.717) is 12.1 Å². The first kappa shape index (κ1) is 17.0. The summed E-state index contributed by atoms with van der Waals surface area (Å²) in [7, 11) is 3.46. The van der Waals surface area contributed by atoms with Crippen molar-refractivity contribution in [2.75, 3.05) is 32.6 Å². The number of aliphatic hydroxyl groups is 2. The van der Waals surface area contributed by atoms with E-state index < -0.39 is 6.10 Å². The van der Waals surface area contributed by atoms with Crippen LogP contribution >= 0.6 is 0 Å². The summed E-state index contributed by atoms with van der Waals surface area (Å²) in [5, 5.41) is 21.2. The average Bonchev–Trinajstić information content (AvgIpc) is 2.59. The Morgan fingerprint density at radius 3 is 2.04 bits per heavy atom. The number of carbonyl (C=O) groups excluding carboxylic acids is 1. The largest absolute Gasteiger partial charge is 0.394 e. The van der Waals surface area contributed by atoms with Crippen molar-refractivity contribution in [3.8, 4) is 11.1 Å². The zero-order valence-corrected chi connectivity index (χ0v) is 13.4. The second kappa shape index (κ2) is 7.76. The van der Waals surface area contributed by atoms with Gasteiger partial charge in [-0.2, -0.15) is 0 Å². The second-order valence-corrected chi connectivity index (χ2v) is 5.57. The molecule has 1 atom stereocenters. The van der Waals surface area contributed by atoms with Crippen LogP contribution in [0.25, 0.3) is 11.1 Å². The Morgan fingerprint density at radius 2 is 1.57 bits per heavy atom. The van der Waals surface area contributed by atoms with E-state index in [4.69, 9.17) is 5.11 Å². The minimum Gasteiger partial charge on any atom is -0.394 e. The average molecular weight is 314 g/mol. The molecule has 5 heteroatoms. The van der Waals surface area contributed by atoms with Crippen molar-refractivity contribution in [3.63, 3.8) is 0 Å². The summed E-state index contributed by atoms with van der Waals surface area (Å²) >= 11 is 0. The molecular formula is C18H22N2O3. The van der Waals surface area contributed by atoms with Gasteiger partial charge in [0.1, 0.15) is 0 Å². The van der Waals surface area contributed by atoms with Crippen LogP contribution in [0.3, 0.4) is 0 Å². The van der Waals surface area contributed by atoms with Crippen molar-refractivity contribution in [1.29, 1.82) is 0 Å². The molecule has 23 heavy (non-hydrogen) atoms. The smallest absolute Gasteiger partial charge is 0.253 e. The molecule has 1 amide bonds. The molecule has 2 aromatic carbocycles. The number of hydrogen-bond acceptors (Lipinski definition) is 4. The maximum absolute atomic E-state index is 11.9. The van der Waals surface area contributed by atoms with Gasteiger partial charge in [0.05, 0.1) is 12.7 Å². The van der Waals surface area contributed by atoms with Gasteiger partial charge in [-0.25, -0.2) is 0 Å². The molecule has 0 saturated heterocycles. The summed E-state index contributed by atoms with van der Waals surface area (Å²) in [6.07, 6.45) is -0.767. The van der Waals surface area contributed by atoms with E-state index >= 15 is 0 Å². The van der Waals surface area contributed by atoms with Gasteiger partial charge in [0.25, 0.3) is 5.91 Å². The monoisotopic (exact) mass is 314 g/mol. The topological polar surface area (TPSA) is 72.8 Å². The molecule has 0 heterocycles. The van der Waals surface area contributed by atoms with E-state index in [9.17, 15) is 9.90 Å². The summed E-state index contributed by atoms with van der Waals surface area (Å²) in [5.41, 5.74) is 3.61. The highest BCUT2D eigenvalue weighted by Gasteiger charge is 2.08. The van der Waals surface area contributed by atoms with Gasteiger partial charge < -0.3 is 20.4 Å². The Bertz CT molecular complexity index is 636. The maximum Gasteiger partial charge on any atom is 0.253 e. The van der Waals surface area contributed by atoms with Crippen LogP contribution in [0.15, 0.2) is 48.5 Å². The lowest BCUT2D eigenvalue weighted by atomic mass is 10.0. The highest BCUT2D eigenvalue weighted by molar-refractivity contribution is 5.94. The standard InChI is InChI=1S/C18H22N2O3/c1-20(2)18(23)15-5-3-13(4-6-15)14-7-9-16(10-8-14)19-11-17(22)12-21/h3-10,17,19,21-22H,11-12H2,1-2H3. The SMILES string of the molecule is CN(C)C(=O)c1ccc(-c2ccc(NCC(O)CO)cc2)cc1. The molecule has 0 spiro atoms. The van der Waals surface area contributed by atoms with Crippen LogP contribution in [0.4, 0.5) is 5.69 Å². The number of carbonyl (C=O) groups is 1. The van der Waals surface area contributed by atoms with Crippen molar-refractivity contribution in [3.05, 3.63) is 54.1 Å². The summed E-state index contributed by atoms with van der Waals surface area (Å²) < 4.78 is 0. The fourth-order valence-electron chi connectivity index (χ4n) is 2.14. The number of benzene rings is 2. The van der Waals surface area contributed by atoms with Crippen molar-refractivity contribution in [2.45, 2.75) is 6.10 Å². The highest BCUT2D eigenvalue weighted by atomic mass is 16.3. The summed E-state index contributed by atoms with van der Waals surface area (Å²) in [6.45, 7) is 0.0420. The quantitative estimate of drug-likeness (QED) is 0.760. The molecule has 2 aromatic rings. The molecule has 2 rings (SSSR count). The number of nitrogens with one attached hydrogen (secondary N) is 1. The molecule has 122 valence electrons. The minimum absolute atomic E-state index is 0.0152. The number of rotatable bonds is 6. The molecule has 0 radical (unpaired) electrons. The Morgan fingerprint density at radius 1 is 1.04 bits per heavy atom. The molecule has 0 aromatic heterocycles. The molecule has 1 unspecified atom stereocenters. The maximum atomic E-state index is 11.9. The van der Waals surface area contributed by atoms with Gasteiger partial charge in [0, 0.05) is 31.9 Å². The Hall–Kier alpha value is -2.37. The van der Waals surface area contributed by atoms with Gasteiger partial charge in [-0.05, 0) is 35.4 Å². The van der Waals surface area contributed by atoms with Crippen LogP contribution in [-0.2, 0) is 0 Å². The molecule has 0 aliphatic carbocycles. The third-order valence-electron chi connectivity index (χ3n) is 3.51. The fourth-order valence-corrected chi connectivity index (χ4v) is 2.14. The van der Waals surface area contributed by atoms with Gasteiger partial charge in [0.2, 0.25) is 0 Å². The normalized spacial score (nSPS) is 11.8. The first-order valence-corrected chi connectivity index (χ1v) is 7.46. The molecule has 0 bridgehead atoms. The summed E-state index contributed by atoms with van der Waals surface area (Å²) in [4.78, 5) is 13.4. The number of aliphatic hydroxyl groups excluding tert-OH is 2. The first-order valence-electron chi connectivity index (χ1n) is 7.46. The van der Waals surface area contributed by atoms with Gasteiger partial charge in [-0.15, -0.1) is 0 Å². The van der Waals surface area contributed by atoms with E-state index in [2.05, 4.69) is 5.32 Å². The summed E-state index contributed by atoms with van der Waals surface area (Å²) in [5.74, 6) is -0.0152. The molecular weight excluding hydrogens is 292 g/mol. The minimum atomic E-state index is -0.767.